The van der Waals surface area contributed by atoms with Crippen LogP contribution in [0.15, 0.2) is 84.1 Å². The first-order valence-electron chi connectivity index (χ1n) is 10.7. The van der Waals surface area contributed by atoms with Gasteiger partial charge in [0.05, 0.1) is 13.2 Å². The van der Waals surface area contributed by atoms with E-state index in [0.29, 0.717) is 18.3 Å². The van der Waals surface area contributed by atoms with Crippen LogP contribution < -0.4 is 11.1 Å². The minimum absolute atomic E-state index is 0.294. The van der Waals surface area contributed by atoms with E-state index in [9.17, 15) is 0 Å². The number of allylic oxidation sites excluding steroid dienone is 1. The highest BCUT2D eigenvalue weighted by Crippen LogP contribution is 2.29. The molecule has 1 aromatic heterocycles. The number of anilines is 1. The predicted molar refractivity (Wildman–Crippen MR) is 128 cm³/mol. The van der Waals surface area contributed by atoms with Gasteiger partial charge in [-0.1, -0.05) is 42.5 Å². The van der Waals surface area contributed by atoms with E-state index < -0.39 is 0 Å². The Morgan fingerprint density at radius 3 is 2.81 bits per heavy atom. The number of rotatable bonds is 7. The molecule has 0 saturated carbocycles. The van der Waals surface area contributed by atoms with Crippen molar-refractivity contribution in [2.45, 2.75) is 25.4 Å². The molecule has 2 aromatic carbocycles. The van der Waals surface area contributed by atoms with E-state index >= 15 is 0 Å². The van der Waals surface area contributed by atoms with Gasteiger partial charge in [0.15, 0.2) is 0 Å². The predicted octanol–water partition coefficient (Wildman–Crippen LogP) is 4.91. The molecule has 1 unspecified atom stereocenters. The lowest BCUT2D eigenvalue weighted by atomic mass is 9.99. The van der Waals surface area contributed by atoms with Crippen LogP contribution in [0.4, 0.5) is 5.69 Å². The summed E-state index contributed by atoms with van der Waals surface area (Å²) in [6, 6.07) is 20.9. The molecule has 0 bridgehead atoms. The van der Waals surface area contributed by atoms with E-state index in [0.717, 1.165) is 54.0 Å². The molecule has 4 rings (SSSR count). The topological polar surface area (TPSA) is 72.5 Å². The fourth-order valence-corrected chi connectivity index (χ4v) is 3.67. The van der Waals surface area contributed by atoms with Crippen molar-refractivity contribution in [1.29, 1.82) is 0 Å². The van der Waals surface area contributed by atoms with E-state index in [1.54, 1.807) is 12.4 Å². The SMILES string of the molecule is NC(=CC=NCc1cccnc1)c1cc(-c2ccccc2)ccc1NC1CCCOC1. The van der Waals surface area contributed by atoms with Crippen LogP contribution >= 0.6 is 0 Å². The number of nitrogens with one attached hydrogen (secondary N) is 1. The van der Waals surface area contributed by atoms with Crippen LogP contribution in [0.25, 0.3) is 16.8 Å². The first-order chi connectivity index (χ1) is 15.3. The fourth-order valence-electron chi connectivity index (χ4n) is 3.67. The molecule has 1 atom stereocenters. The van der Waals surface area contributed by atoms with Crippen LogP contribution in [-0.4, -0.2) is 30.5 Å². The molecule has 3 aromatic rings. The maximum absolute atomic E-state index is 6.51. The molecule has 2 heterocycles. The minimum Gasteiger partial charge on any atom is -0.398 e. The number of benzene rings is 2. The zero-order chi connectivity index (χ0) is 21.3. The number of aromatic nitrogens is 1. The van der Waals surface area contributed by atoms with Gasteiger partial charge in [0, 0.05) is 48.2 Å². The van der Waals surface area contributed by atoms with Gasteiger partial charge in [0.1, 0.15) is 0 Å². The third kappa shape index (κ3) is 5.80. The first kappa shape index (κ1) is 20.8. The summed E-state index contributed by atoms with van der Waals surface area (Å²) in [6.07, 6.45) is 9.38. The number of hydrogen-bond donors (Lipinski definition) is 2. The monoisotopic (exact) mass is 412 g/mol. The Hall–Kier alpha value is -3.44. The van der Waals surface area contributed by atoms with E-state index in [4.69, 9.17) is 10.5 Å². The molecule has 1 saturated heterocycles. The quantitative estimate of drug-likeness (QED) is 0.541. The Labute approximate surface area is 183 Å². The number of pyridine rings is 1. The number of nitrogens with two attached hydrogens (primary N) is 1. The van der Waals surface area contributed by atoms with Gasteiger partial charge in [-0.25, -0.2) is 0 Å². The lowest BCUT2D eigenvalue weighted by Crippen LogP contribution is -2.30. The minimum atomic E-state index is 0.294. The second-order valence-corrected chi connectivity index (χ2v) is 7.66. The summed E-state index contributed by atoms with van der Waals surface area (Å²) in [4.78, 5) is 8.59. The highest BCUT2D eigenvalue weighted by molar-refractivity contribution is 5.88. The van der Waals surface area contributed by atoms with E-state index in [1.165, 1.54) is 0 Å². The van der Waals surface area contributed by atoms with Crippen molar-refractivity contribution in [3.05, 3.63) is 90.3 Å². The van der Waals surface area contributed by atoms with Gasteiger partial charge in [-0.15, -0.1) is 0 Å². The van der Waals surface area contributed by atoms with Crippen molar-refractivity contribution in [2.24, 2.45) is 10.7 Å². The molecule has 0 aliphatic carbocycles. The van der Waals surface area contributed by atoms with Gasteiger partial charge in [-0.3, -0.25) is 9.98 Å². The molecule has 0 spiro atoms. The lowest BCUT2D eigenvalue weighted by Gasteiger charge is -2.25. The summed E-state index contributed by atoms with van der Waals surface area (Å²) in [5.74, 6) is 0. The first-order valence-corrected chi connectivity index (χ1v) is 10.7. The molecule has 0 amide bonds. The molecule has 5 heteroatoms. The molecule has 1 aliphatic rings. The standard InChI is InChI=1S/C26H28N4O/c27-25(12-14-29-18-20-6-4-13-28-17-20)24-16-22(21-7-2-1-3-8-21)10-11-26(24)30-23-9-5-15-31-19-23/h1-4,6-8,10-14,16-17,23,30H,5,9,15,18-19,27H2. The highest BCUT2D eigenvalue weighted by Gasteiger charge is 2.16. The van der Waals surface area contributed by atoms with Crippen LogP contribution in [0.5, 0.6) is 0 Å². The van der Waals surface area contributed by atoms with Crippen molar-refractivity contribution in [1.82, 2.24) is 4.98 Å². The molecular formula is C26H28N4O. The van der Waals surface area contributed by atoms with Crippen molar-refractivity contribution in [3.63, 3.8) is 0 Å². The molecular weight excluding hydrogens is 384 g/mol. The molecule has 1 fully saturated rings. The average molecular weight is 413 g/mol. The Kier molecular flexibility index (Phi) is 7.08. The summed E-state index contributed by atoms with van der Waals surface area (Å²) >= 11 is 0. The maximum atomic E-state index is 6.51. The molecule has 31 heavy (non-hydrogen) atoms. The molecule has 5 nitrogen and oxygen atoms in total. The zero-order valence-corrected chi connectivity index (χ0v) is 17.6. The number of ether oxygens (including phenoxy) is 1. The van der Waals surface area contributed by atoms with Crippen molar-refractivity contribution in [2.75, 3.05) is 18.5 Å². The molecule has 0 radical (unpaired) electrons. The number of nitrogens with zero attached hydrogens (tertiary/aromatic N) is 2. The Bertz CT molecular complexity index is 1030. The molecule has 1 aliphatic heterocycles. The Balaban J connectivity index is 1.58. The smallest absolute Gasteiger partial charge is 0.0667 e. The van der Waals surface area contributed by atoms with Gasteiger partial charge in [-0.2, -0.15) is 0 Å². The van der Waals surface area contributed by atoms with Gasteiger partial charge in [0.25, 0.3) is 0 Å². The van der Waals surface area contributed by atoms with Gasteiger partial charge >= 0.3 is 0 Å². The zero-order valence-electron chi connectivity index (χ0n) is 17.6. The summed E-state index contributed by atoms with van der Waals surface area (Å²) in [5.41, 5.74) is 12.5. The summed E-state index contributed by atoms with van der Waals surface area (Å²) < 4.78 is 5.63. The number of hydrogen-bond acceptors (Lipinski definition) is 5. The lowest BCUT2D eigenvalue weighted by molar-refractivity contribution is 0.0876. The summed E-state index contributed by atoms with van der Waals surface area (Å²) in [7, 11) is 0. The van der Waals surface area contributed by atoms with Crippen LogP contribution in [0.1, 0.15) is 24.0 Å². The average Bonchev–Trinajstić information content (AvgIpc) is 2.84. The van der Waals surface area contributed by atoms with Crippen molar-refractivity contribution < 1.29 is 4.74 Å². The highest BCUT2D eigenvalue weighted by atomic mass is 16.5. The summed E-state index contributed by atoms with van der Waals surface area (Å²) in [6.45, 7) is 2.13. The largest absolute Gasteiger partial charge is 0.398 e. The van der Waals surface area contributed by atoms with Crippen molar-refractivity contribution >= 4 is 17.6 Å². The second-order valence-electron chi connectivity index (χ2n) is 7.66. The van der Waals surface area contributed by atoms with Gasteiger partial charge < -0.3 is 15.8 Å². The third-order valence-corrected chi connectivity index (χ3v) is 5.31. The van der Waals surface area contributed by atoms with Crippen LogP contribution in [0.3, 0.4) is 0 Å². The second kappa shape index (κ2) is 10.5. The van der Waals surface area contributed by atoms with E-state index in [2.05, 4.69) is 45.6 Å². The normalized spacial score (nSPS) is 17.0. The van der Waals surface area contributed by atoms with Gasteiger partial charge in [0.2, 0.25) is 0 Å². The maximum Gasteiger partial charge on any atom is 0.0667 e. The van der Waals surface area contributed by atoms with Crippen LogP contribution in [0.2, 0.25) is 0 Å². The Morgan fingerprint density at radius 1 is 1.13 bits per heavy atom. The van der Waals surface area contributed by atoms with Crippen LogP contribution in [-0.2, 0) is 11.3 Å². The molecule has 158 valence electrons. The Morgan fingerprint density at radius 2 is 2.03 bits per heavy atom. The fraction of sp³-hybridized carbons (Fsp3) is 0.231. The van der Waals surface area contributed by atoms with Gasteiger partial charge in [-0.05, 0) is 53.8 Å². The van der Waals surface area contributed by atoms with E-state index in [1.807, 2.05) is 42.6 Å². The van der Waals surface area contributed by atoms with E-state index in [-0.39, 0.29) is 0 Å². The number of aliphatic imine (C=N–C) groups is 1. The summed E-state index contributed by atoms with van der Waals surface area (Å²) in [5, 5.41) is 3.63. The third-order valence-electron chi connectivity index (χ3n) is 5.31. The molecule has 3 N–H and O–H groups in total. The van der Waals surface area contributed by atoms with Crippen LogP contribution in [0, 0.1) is 0 Å². The van der Waals surface area contributed by atoms with Crippen molar-refractivity contribution in [3.8, 4) is 11.1 Å².